The normalized spacial score (nSPS) is 9.31. The molecule has 70 valence electrons. The van der Waals surface area contributed by atoms with Crippen LogP contribution in [0.15, 0.2) is 11.6 Å². The van der Waals surface area contributed by atoms with E-state index in [0.717, 1.165) is 0 Å². The first kappa shape index (κ1) is 10.1. The fourth-order valence-electron chi connectivity index (χ4n) is 0.629. The Morgan fingerprint density at radius 3 is 3.08 bits per heavy atom. The molecule has 0 aliphatic rings. The molecule has 1 aromatic rings. The zero-order valence-corrected chi connectivity index (χ0v) is 8.67. The molecule has 13 heavy (non-hydrogen) atoms. The largest absolute Gasteiger partial charge is 0.308 e. The van der Waals surface area contributed by atoms with E-state index in [9.17, 15) is 4.79 Å². The number of thiazole rings is 1. The Bertz CT molecular complexity index is 297. The molecular weight excluding hydrogens is 206 g/mol. The molecule has 0 bridgehead atoms. The van der Waals surface area contributed by atoms with Gasteiger partial charge in [0.2, 0.25) is 5.91 Å². The van der Waals surface area contributed by atoms with Crippen LogP contribution in [0.1, 0.15) is 13.3 Å². The first-order valence-electron chi connectivity index (χ1n) is 3.72. The molecule has 0 aromatic carbocycles. The average Bonchev–Trinajstić information content (AvgIpc) is 2.56. The number of amides is 1. The molecule has 0 unspecified atom stereocenters. The summed E-state index contributed by atoms with van der Waals surface area (Å²) in [4.78, 5) is 14.9. The monoisotopic (exact) mass is 215 g/mol. The van der Waals surface area contributed by atoms with Crippen molar-refractivity contribution in [2.45, 2.75) is 13.3 Å². The molecule has 0 radical (unpaired) electrons. The van der Waals surface area contributed by atoms with Crippen LogP contribution in [0.5, 0.6) is 0 Å². The second-order valence-corrected chi connectivity index (χ2v) is 3.50. The lowest BCUT2D eigenvalue weighted by Gasteiger charge is -2.04. The van der Waals surface area contributed by atoms with Gasteiger partial charge in [-0.25, -0.2) is 4.98 Å². The Balaban J connectivity index is 2.38. The number of anilines is 1. The highest BCUT2D eigenvalue weighted by molar-refractivity contribution is 7.80. The van der Waals surface area contributed by atoms with Crippen LogP contribution >= 0.6 is 23.6 Å². The van der Waals surface area contributed by atoms with Gasteiger partial charge in [0.15, 0.2) is 10.2 Å². The van der Waals surface area contributed by atoms with Gasteiger partial charge in [0.25, 0.3) is 0 Å². The van der Waals surface area contributed by atoms with Gasteiger partial charge >= 0.3 is 0 Å². The van der Waals surface area contributed by atoms with E-state index in [1.165, 1.54) is 11.3 Å². The van der Waals surface area contributed by atoms with Crippen LogP contribution in [-0.2, 0) is 4.79 Å². The van der Waals surface area contributed by atoms with Gasteiger partial charge in [0, 0.05) is 18.0 Å². The molecule has 0 fully saturated rings. The summed E-state index contributed by atoms with van der Waals surface area (Å²) in [6, 6.07) is 0. The maximum Gasteiger partial charge on any atom is 0.225 e. The predicted octanol–water partition coefficient (Wildman–Crippen LogP) is 1.37. The first-order chi connectivity index (χ1) is 6.22. The van der Waals surface area contributed by atoms with E-state index < -0.39 is 0 Å². The average molecular weight is 215 g/mol. The third kappa shape index (κ3) is 3.47. The summed E-state index contributed by atoms with van der Waals surface area (Å²) in [6.45, 7) is 1.77. The lowest BCUT2D eigenvalue weighted by molar-refractivity contribution is -0.119. The van der Waals surface area contributed by atoms with Crippen molar-refractivity contribution < 1.29 is 4.79 Å². The summed E-state index contributed by atoms with van der Waals surface area (Å²) in [7, 11) is 0. The van der Waals surface area contributed by atoms with E-state index in [2.05, 4.69) is 15.6 Å². The number of nitrogens with one attached hydrogen (secondary N) is 2. The second-order valence-electron chi connectivity index (χ2n) is 2.19. The summed E-state index contributed by atoms with van der Waals surface area (Å²) < 4.78 is 0. The molecule has 0 spiro atoms. The standard InChI is InChI=1S/C7H9N3OS2/c1-2-5(11)9-6(12)10-7-8-3-4-13-7/h3-4H,2H2,1H3,(H2,8,9,10,11,12). The van der Waals surface area contributed by atoms with Gasteiger partial charge in [0.05, 0.1) is 0 Å². The van der Waals surface area contributed by atoms with E-state index in [4.69, 9.17) is 12.2 Å². The molecule has 0 saturated heterocycles. The Morgan fingerprint density at radius 2 is 2.54 bits per heavy atom. The van der Waals surface area contributed by atoms with Crippen molar-refractivity contribution in [3.63, 3.8) is 0 Å². The Labute approximate surface area is 85.4 Å². The molecule has 1 heterocycles. The third-order valence-corrected chi connectivity index (χ3v) is 2.12. The van der Waals surface area contributed by atoms with Crippen LogP contribution in [0, 0.1) is 0 Å². The van der Waals surface area contributed by atoms with E-state index >= 15 is 0 Å². The van der Waals surface area contributed by atoms with Gasteiger partial charge in [-0.3, -0.25) is 4.79 Å². The highest BCUT2D eigenvalue weighted by Gasteiger charge is 2.02. The van der Waals surface area contributed by atoms with Gasteiger partial charge in [-0.1, -0.05) is 6.92 Å². The highest BCUT2D eigenvalue weighted by atomic mass is 32.1. The molecule has 0 aliphatic carbocycles. The van der Waals surface area contributed by atoms with Crippen LogP contribution in [0.3, 0.4) is 0 Å². The Hall–Kier alpha value is -1.01. The van der Waals surface area contributed by atoms with Crippen molar-refractivity contribution in [1.82, 2.24) is 10.3 Å². The smallest absolute Gasteiger partial charge is 0.225 e. The van der Waals surface area contributed by atoms with Gasteiger partial charge in [0.1, 0.15) is 0 Å². The van der Waals surface area contributed by atoms with Crippen LogP contribution in [-0.4, -0.2) is 16.0 Å². The summed E-state index contributed by atoms with van der Waals surface area (Å²) in [5.74, 6) is -0.103. The van der Waals surface area contributed by atoms with Crippen molar-refractivity contribution in [3.05, 3.63) is 11.6 Å². The zero-order chi connectivity index (χ0) is 9.68. The number of aromatic nitrogens is 1. The van der Waals surface area contributed by atoms with E-state index in [1.54, 1.807) is 13.1 Å². The lowest BCUT2D eigenvalue weighted by atomic mass is 10.5. The maximum atomic E-state index is 10.9. The minimum absolute atomic E-state index is 0.103. The van der Waals surface area contributed by atoms with Crippen molar-refractivity contribution in [3.8, 4) is 0 Å². The quantitative estimate of drug-likeness (QED) is 0.732. The number of carbonyl (C=O) groups excluding carboxylic acids is 1. The van der Waals surface area contributed by atoms with Crippen LogP contribution in [0.2, 0.25) is 0 Å². The SMILES string of the molecule is CCC(=O)NC(=S)Nc1nccs1. The van der Waals surface area contributed by atoms with Crippen molar-refractivity contribution in [2.24, 2.45) is 0 Å². The van der Waals surface area contributed by atoms with Crippen LogP contribution in [0.25, 0.3) is 0 Å². The Kier molecular flexibility index (Phi) is 3.78. The predicted molar refractivity (Wildman–Crippen MR) is 56.8 cm³/mol. The Morgan fingerprint density at radius 1 is 1.77 bits per heavy atom. The fraction of sp³-hybridized carbons (Fsp3) is 0.286. The molecule has 1 rings (SSSR count). The minimum atomic E-state index is -0.103. The first-order valence-corrected chi connectivity index (χ1v) is 5.01. The van der Waals surface area contributed by atoms with E-state index in [0.29, 0.717) is 16.7 Å². The summed E-state index contributed by atoms with van der Waals surface area (Å²) in [6.07, 6.45) is 2.08. The molecule has 1 amide bonds. The third-order valence-electron chi connectivity index (χ3n) is 1.23. The number of nitrogens with zero attached hydrogens (tertiary/aromatic N) is 1. The van der Waals surface area contributed by atoms with Gasteiger partial charge in [-0.2, -0.15) is 0 Å². The summed E-state index contributed by atoms with van der Waals surface area (Å²) in [5.41, 5.74) is 0. The summed E-state index contributed by atoms with van der Waals surface area (Å²) in [5, 5.41) is 8.11. The van der Waals surface area contributed by atoms with Gasteiger partial charge in [-0.15, -0.1) is 11.3 Å². The molecular formula is C7H9N3OS2. The number of thiocarbonyl (C=S) groups is 1. The topological polar surface area (TPSA) is 54.0 Å². The van der Waals surface area contributed by atoms with E-state index in [1.807, 2.05) is 5.38 Å². The molecule has 0 aliphatic heterocycles. The van der Waals surface area contributed by atoms with Crippen LogP contribution < -0.4 is 10.6 Å². The summed E-state index contributed by atoms with van der Waals surface area (Å²) >= 11 is 6.29. The van der Waals surface area contributed by atoms with Crippen molar-refractivity contribution in [1.29, 1.82) is 0 Å². The number of carbonyl (C=O) groups is 1. The maximum absolute atomic E-state index is 10.9. The number of hydrogen-bond donors (Lipinski definition) is 2. The van der Waals surface area contributed by atoms with Crippen LogP contribution in [0.4, 0.5) is 5.13 Å². The van der Waals surface area contributed by atoms with Gasteiger partial charge < -0.3 is 10.6 Å². The highest BCUT2D eigenvalue weighted by Crippen LogP contribution is 2.09. The molecule has 0 saturated carbocycles. The molecule has 0 atom stereocenters. The van der Waals surface area contributed by atoms with E-state index in [-0.39, 0.29) is 5.91 Å². The second kappa shape index (κ2) is 4.88. The number of hydrogen-bond acceptors (Lipinski definition) is 4. The molecule has 2 N–H and O–H groups in total. The van der Waals surface area contributed by atoms with Gasteiger partial charge in [-0.05, 0) is 12.2 Å². The van der Waals surface area contributed by atoms with Crippen molar-refractivity contribution in [2.75, 3.05) is 5.32 Å². The van der Waals surface area contributed by atoms with Crippen molar-refractivity contribution >= 4 is 39.7 Å². The molecule has 4 nitrogen and oxygen atoms in total. The minimum Gasteiger partial charge on any atom is -0.308 e. The number of rotatable bonds is 2. The molecule has 1 aromatic heterocycles. The zero-order valence-electron chi connectivity index (χ0n) is 7.03. The lowest BCUT2D eigenvalue weighted by Crippen LogP contribution is -2.33. The fourth-order valence-corrected chi connectivity index (χ4v) is 1.44. The molecule has 6 heteroatoms.